The summed E-state index contributed by atoms with van der Waals surface area (Å²) in [5.41, 5.74) is 0. The van der Waals surface area contributed by atoms with Gasteiger partial charge in [-0.25, -0.2) is 9.59 Å². The predicted octanol–water partition coefficient (Wildman–Crippen LogP) is 0.777. The molecular weight excluding hydrogens is 240 g/mol. The largest absolute Gasteiger partial charge is 0.467 e. The van der Waals surface area contributed by atoms with Gasteiger partial charge in [0.2, 0.25) is 0 Å². The van der Waals surface area contributed by atoms with E-state index < -0.39 is 29.9 Å². The first-order valence-corrected chi connectivity index (χ1v) is 6.13. The van der Waals surface area contributed by atoms with Gasteiger partial charge in [0.25, 0.3) is 0 Å². The van der Waals surface area contributed by atoms with Gasteiger partial charge in [-0.15, -0.1) is 0 Å². The van der Waals surface area contributed by atoms with E-state index in [-0.39, 0.29) is 0 Å². The summed E-state index contributed by atoms with van der Waals surface area (Å²) in [5.74, 6) is -2.03. The molecule has 2 rings (SSSR count). The topological polar surface area (TPSA) is 71.1 Å². The molecule has 0 amide bonds. The van der Waals surface area contributed by atoms with Crippen molar-refractivity contribution >= 4 is 11.9 Å². The number of esters is 2. The molecule has 1 saturated heterocycles. The van der Waals surface area contributed by atoms with Crippen LogP contribution in [0, 0.1) is 0 Å². The number of hydrogen-bond acceptors (Lipinski definition) is 6. The Bertz CT molecular complexity index is 307. The highest BCUT2D eigenvalue weighted by Gasteiger charge is 2.54. The van der Waals surface area contributed by atoms with Gasteiger partial charge in [0.05, 0.1) is 14.2 Å². The smallest absolute Gasteiger partial charge is 0.338 e. The van der Waals surface area contributed by atoms with Gasteiger partial charge in [-0.3, -0.25) is 0 Å². The van der Waals surface area contributed by atoms with E-state index in [1.165, 1.54) is 14.2 Å². The molecular formula is C12H18O6. The fourth-order valence-corrected chi connectivity index (χ4v) is 2.52. The Morgan fingerprint density at radius 2 is 1.39 bits per heavy atom. The molecule has 1 aliphatic heterocycles. The Kier molecular flexibility index (Phi) is 3.87. The second kappa shape index (κ2) is 5.24. The van der Waals surface area contributed by atoms with Crippen LogP contribution in [0.2, 0.25) is 0 Å². The van der Waals surface area contributed by atoms with Crippen LogP contribution < -0.4 is 0 Å². The van der Waals surface area contributed by atoms with E-state index in [1.807, 2.05) is 0 Å². The highest BCUT2D eigenvalue weighted by Crippen LogP contribution is 2.41. The molecule has 1 heterocycles. The molecule has 0 aromatic carbocycles. The highest BCUT2D eigenvalue weighted by atomic mass is 16.8. The zero-order chi connectivity index (χ0) is 13.2. The molecule has 0 N–H and O–H groups in total. The Morgan fingerprint density at radius 1 is 0.944 bits per heavy atom. The zero-order valence-corrected chi connectivity index (χ0v) is 10.6. The summed E-state index contributed by atoms with van der Waals surface area (Å²) < 4.78 is 20.6. The third-order valence-corrected chi connectivity index (χ3v) is 3.44. The van der Waals surface area contributed by atoms with Gasteiger partial charge in [-0.1, -0.05) is 6.42 Å². The fourth-order valence-electron chi connectivity index (χ4n) is 2.52. The normalized spacial score (nSPS) is 30.1. The monoisotopic (exact) mass is 258 g/mol. The van der Waals surface area contributed by atoms with Crippen LogP contribution in [0.5, 0.6) is 0 Å². The second-order valence-electron chi connectivity index (χ2n) is 4.59. The van der Waals surface area contributed by atoms with Crippen LogP contribution in [0.1, 0.15) is 32.1 Å². The standard InChI is InChI=1S/C12H18O6/c1-15-10(13)8-9(11(14)16-2)18-12(17-8)6-4-3-5-7-12/h8-9H,3-7H2,1-2H3/t8-,9-/m0/s1. The van der Waals surface area contributed by atoms with Gasteiger partial charge in [0.15, 0.2) is 18.0 Å². The van der Waals surface area contributed by atoms with Crippen LogP contribution in [0.25, 0.3) is 0 Å². The molecule has 2 aliphatic rings. The average Bonchev–Trinajstić information content (AvgIpc) is 2.77. The van der Waals surface area contributed by atoms with E-state index in [2.05, 4.69) is 9.47 Å². The summed E-state index contributed by atoms with van der Waals surface area (Å²) in [4.78, 5) is 23.3. The van der Waals surface area contributed by atoms with Crippen molar-refractivity contribution in [3.8, 4) is 0 Å². The summed E-state index contributed by atoms with van der Waals surface area (Å²) in [6.07, 6.45) is 2.35. The van der Waals surface area contributed by atoms with Crippen molar-refractivity contribution in [2.75, 3.05) is 14.2 Å². The van der Waals surface area contributed by atoms with Crippen LogP contribution in [0.15, 0.2) is 0 Å². The van der Waals surface area contributed by atoms with Gasteiger partial charge in [-0.2, -0.15) is 0 Å². The minimum Gasteiger partial charge on any atom is -0.467 e. The maximum atomic E-state index is 11.6. The molecule has 2 atom stereocenters. The molecule has 2 fully saturated rings. The van der Waals surface area contributed by atoms with E-state index in [0.29, 0.717) is 12.8 Å². The third kappa shape index (κ3) is 2.35. The number of ether oxygens (including phenoxy) is 4. The number of methoxy groups -OCH3 is 2. The van der Waals surface area contributed by atoms with Crippen LogP contribution >= 0.6 is 0 Å². The Labute approximate surface area is 106 Å². The molecule has 1 spiro atoms. The molecule has 6 nitrogen and oxygen atoms in total. The van der Waals surface area contributed by atoms with Crippen molar-refractivity contribution in [2.24, 2.45) is 0 Å². The van der Waals surface area contributed by atoms with E-state index in [1.54, 1.807) is 0 Å². The van der Waals surface area contributed by atoms with Crippen molar-refractivity contribution in [2.45, 2.75) is 50.1 Å². The van der Waals surface area contributed by atoms with Crippen molar-refractivity contribution in [3.63, 3.8) is 0 Å². The van der Waals surface area contributed by atoms with E-state index in [4.69, 9.17) is 9.47 Å². The van der Waals surface area contributed by atoms with Gasteiger partial charge < -0.3 is 18.9 Å². The van der Waals surface area contributed by atoms with Crippen LogP contribution in [0.4, 0.5) is 0 Å². The quantitative estimate of drug-likeness (QED) is 0.681. The average molecular weight is 258 g/mol. The number of carbonyl (C=O) groups excluding carboxylic acids is 2. The first-order chi connectivity index (χ1) is 8.62. The lowest BCUT2D eigenvalue weighted by Gasteiger charge is -2.31. The maximum Gasteiger partial charge on any atom is 0.338 e. The first kappa shape index (κ1) is 13.3. The summed E-state index contributed by atoms with van der Waals surface area (Å²) in [7, 11) is 2.51. The predicted molar refractivity (Wildman–Crippen MR) is 59.6 cm³/mol. The lowest BCUT2D eigenvalue weighted by molar-refractivity contribution is -0.202. The Hall–Kier alpha value is -1.14. The summed E-state index contributed by atoms with van der Waals surface area (Å²) in [5, 5.41) is 0. The minimum atomic E-state index is -1.03. The lowest BCUT2D eigenvalue weighted by atomic mass is 9.94. The summed E-state index contributed by atoms with van der Waals surface area (Å²) in [6.45, 7) is 0. The fraction of sp³-hybridized carbons (Fsp3) is 0.833. The van der Waals surface area contributed by atoms with Crippen LogP contribution in [-0.2, 0) is 28.5 Å². The van der Waals surface area contributed by atoms with Gasteiger partial charge in [-0.05, 0) is 12.8 Å². The highest BCUT2D eigenvalue weighted by molar-refractivity contribution is 5.86. The molecule has 18 heavy (non-hydrogen) atoms. The van der Waals surface area contributed by atoms with Crippen molar-refractivity contribution in [1.82, 2.24) is 0 Å². The van der Waals surface area contributed by atoms with Crippen molar-refractivity contribution in [1.29, 1.82) is 0 Å². The number of hydrogen-bond donors (Lipinski definition) is 0. The van der Waals surface area contributed by atoms with Crippen molar-refractivity contribution in [3.05, 3.63) is 0 Å². The van der Waals surface area contributed by atoms with E-state index in [9.17, 15) is 9.59 Å². The SMILES string of the molecule is COC(=O)[C@H]1OC2(CCCCC2)O[C@@H]1C(=O)OC. The minimum absolute atomic E-state index is 0.604. The molecule has 1 aliphatic carbocycles. The molecule has 6 heteroatoms. The van der Waals surface area contributed by atoms with Crippen LogP contribution in [0.3, 0.4) is 0 Å². The molecule has 0 aromatic rings. The van der Waals surface area contributed by atoms with E-state index in [0.717, 1.165) is 19.3 Å². The number of rotatable bonds is 2. The van der Waals surface area contributed by atoms with Gasteiger partial charge >= 0.3 is 11.9 Å². The van der Waals surface area contributed by atoms with Crippen molar-refractivity contribution < 1.29 is 28.5 Å². The van der Waals surface area contributed by atoms with Gasteiger partial charge in [0, 0.05) is 12.8 Å². The number of carbonyl (C=O) groups is 2. The van der Waals surface area contributed by atoms with Gasteiger partial charge in [0.1, 0.15) is 0 Å². The summed E-state index contributed by atoms with van der Waals surface area (Å²) in [6, 6.07) is 0. The second-order valence-corrected chi connectivity index (χ2v) is 4.59. The molecule has 0 bridgehead atoms. The third-order valence-electron chi connectivity index (χ3n) is 3.44. The molecule has 0 unspecified atom stereocenters. The van der Waals surface area contributed by atoms with E-state index >= 15 is 0 Å². The lowest BCUT2D eigenvalue weighted by Crippen LogP contribution is -2.38. The first-order valence-electron chi connectivity index (χ1n) is 6.13. The van der Waals surface area contributed by atoms with Crippen LogP contribution in [-0.4, -0.2) is 44.2 Å². The Balaban J connectivity index is 2.16. The molecule has 0 aromatic heterocycles. The zero-order valence-electron chi connectivity index (χ0n) is 10.6. The maximum absolute atomic E-state index is 11.6. The Morgan fingerprint density at radius 3 is 1.78 bits per heavy atom. The summed E-state index contributed by atoms with van der Waals surface area (Å²) >= 11 is 0. The molecule has 0 radical (unpaired) electrons. The molecule has 1 saturated carbocycles. The molecule has 102 valence electrons.